The third-order valence-electron chi connectivity index (χ3n) is 3.45. The number of nitrogen functional groups attached to an aromatic ring is 1. The molecule has 7 heteroatoms. The summed E-state index contributed by atoms with van der Waals surface area (Å²) in [6.07, 6.45) is 0. The summed E-state index contributed by atoms with van der Waals surface area (Å²) in [5.41, 5.74) is 7.01. The number of halogens is 1. The number of fused-ring (bicyclic) bond motifs is 1. The van der Waals surface area contributed by atoms with Gasteiger partial charge in [-0.25, -0.2) is 0 Å². The SMILES string of the molecule is Nc1ccc(NC(=O)CN2C(=O)c3ccccc3C2=O)c(Cl)c1. The van der Waals surface area contributed by atoms with E-state index in [9.17, 15) is 14.4 Å². The van der Waals surface area contributed by atoms with E-state index in [1.54, 1.807) is 36.4 Å². The molecular formula is C16H12ClN3O3. The average molecular weight is 330 g/mol. The first-order chi connectivity index (χ1) is 11.0. The number of carbonyl (C=O) groups is 3. The number of anilines is 2. The number of carbonyl (C=O) groups excluding carboxylic acids is 3. The summed E-state index contributed by atoms with van der Waals surface area (Å²) < 4.78 is 0. The molecule has 1 aliphatic rings. The van der Waals surface area contributed by atoms with Gasteiger partial charge in [0.1, 0.15) is 6.54 Å². The third-order valence-corrected chi connectivity index (χ3v) is 3.76. The first kappa shape index (κ1) is 15.1. The number of hydrogen-bond acceptors (Lipinski definition) is 4. The van der Waals surface area contributed by atoms with E-state index in [4.69, 9.17) is 17.3 Å². The van der Waals surface area contributed by atoms with E-state index in [2.05, 4.69) is 5.32 Å². The van der Waals surface area contributed by atoms with Crippen LogP contribution >= 0.6 is 11.6 Å². The zero-order valence-electron chi connectivity index (χ0n) is 11.9. The van der Waals surface area contributed by atoms with Crippen molar-refractivity contribution in [2.75, 3.05) is 17.6 Å². The third kappa shape index (κ3) is 2.76. The van der Waals surface area contributed by atoms with E-state index in [-0.39, 0.29) is 11.6 Å². The summed E-state index contributed by atoms with van der Waals surface area (Å²) >= 11 is 5.98. The number of amides is 3. The van der Waals surface area contributed by atoms with Crippen LogP contribution in [0, 0.1) is 0 Å². The summed E-state index contributed by atoms with van der Waals surface area (Å²) in [4.78, 5) is 37.4. The van der Waals surface area contributed by atoms with Gasteiger partial charge in [-0.15, -0.1) is 0 Å². The molecule has 0 saturated carbocycles. The molecule has 23 heavy (non-hydrogen) atoms. The molecule has 1 aliphatic heterocycles. The molecule has 3 amide bonds. The highest BCUT2D eigenvalue weighted by Crippen LogP contribution is 2.25. The predicted octanol–water partition coefficient (Wildman–Crippen LogP) is 2.16. The Balaban J connectivity index is 1.74. The fourth-order valence-corrected chi connectivity index (χ4v) is 2.59. The maximum Gasteiger partial charge on any atom is 0.262 e. The minimum absolute atomic E-state index is 0.278. The van der Waals surface area contributed by atoms with Crippen molar-refractivity contribution in [2.24, 2.45) is 0 Å². The van der Waals surface area contributed by atoms with Crippen LogP contribution in [0.3, 0.4) is 0 Å². The fraction of sp³-hybridized carbons (Fsp3) is 0.0625. The Morgan fingerprint density at radius 1 is 1.09 bits per heavy atom. The highest BCUT2D eigenvalue weighted by molar-refractivity contribution is 6.34. The van der Waals surface area contributed by atoms with Crippen LogP contribution in [-0.4, -0.2) is 29.2 Å². The number of nitrogens with one attached hydrogen (secondary N) is 1. The first-order valence-electron chi connectivity index (χ1n) is 6.77. The molecule has 116 valence electrons. The normalized spacial score (nSPS) is 13.2. The number of nitrogens with two attached hydrogens (primary N) is 1. The lowest BCUT2D eigenvalue weighted by Gasteiger charge is -2.14. The second kappa shape index (κ2) is 5.73. The number of benzene rings is 2. The molecule has 0 atom stereocenters. The van der Waals surface area contributed by atoms with Crippen molar-refractivity contribution in [1.29, 1.82) is 0 Å². The van der Waals surface area contributed by atoms with Crippen LogP contribution in [0.4, 0.5) is 11.4 Å². The number of hydrogen-bond donors (Lipinski definition) is 2. The summed E-state index contributed by atoms with van der Waals surface area (Å²) in [6, 6.07) is 11.1. The Morgan fingerprint density at radius 3 is 2.26 bits per heavy atom. The summed E-state index contributed by atoms with van der Waals surface area (Å²) in [7, 11) is 0. The van der Waals surface area contributed by atoms with Crippen LogP contribution in [0.5, 0.6) is 0 Å². The molecule has 2 aromatic rings. The largest absolute Gasteiger partial charge is 0.399 e. The topological polar surface area (TPSA) is 92.5 Å². The van der Waals surface area contributed by atoms with Crippen molar-refractivity contribution in [3.63, 3.8) is 0 Å². The van der Waals surface area contributed by atoms with Crippen LogP contribution < -0.4 is 11.1 Å². The monoisotopic (exact) mass is 329 g/mol. The molecule has 0 saturated heterocycles. The van der Waals surface area contributed by atoms with Gasteiger partial charge in [0.2, 0.25) is 5.91 Å². The van der Waals surface area contributed by atoms with E-state index in [0.29, 0.717) is 22.5 Å². The summed E-state index contributed by atoms with van der Waals surface area (Å²) in [5.74, 6) is -1.49. The lowest BCUT2D eigenvalue weighted by Crippen LogP contribution is -2.37. The minimum Gasteiger partial charge on any atom is -0.399 e. The van der Waals surface area contributed by atoms with Crippen LogP contribution in [-0.2, 0) is 4.79 Å². The van der Waals surface area contributed by atoms with Gasteiger partial charge in [-0.3, -0.25) is 19.3 Å². The van der Waals surface area contributed by atoms with Crippen molar-refractivity contribution < 1.29 is 14.4 Å². The molecule has 0 fully saturated rings. The summed E-state index contributed by atoms with van der Waals surface area (Å²) in [5, 5.41) is 2.84. The molecule has 3 N–H and O–H groups in total. The number of nitrogens with zero attached hydrogens (tertiary/aromatic N) is 1. The van der Waals surface area contributed by atoms with E-state index in [1.807, 2.05) is 0 Å². The molecule has 6 nitrogen and oxygen atoms in total. The van der Waals surface area contributed by atoms with E-state index >= 15 is 0 Å². The molecule has 3 rings (SSSR count). The standard InChI is InChI=1S/C16H12ClN3O3/c17-12-7-9(18)5-6-13(12)19-14(21)8-20-15(22)10-3-1-2-4-11(10)16(20)23/h1-7H,8,18H2,(H,19,21). The van der Waals surface area contributed by atoms with E-state index in [0.717, 1.165) is 4.90 Å². The van der Waals surface area contributed by atoms with Gasteiger partial charge in [0.05, 0.1) is 21.8 Å². The quantitative estimate of drug-likeness (QED) is 0.666. The summed E-state index contributed by atoms with van der Waals surface area (Å²) in [6.45, 7) is -0.382. The van der Waals surface area contributed by atoms with Crippen molar-refractivity contribution in [1.82, 2.24) is 4.90 Å². The van der Waals surface area contributed by atoms with Gasteiger partial charge in [0, 0.05) is 5.69 Å². The molecule has 0 aromatic heterocycles. The van der Waals surface area contributed by atoms with Gasteiger partial charge < -0.3 is 11.1 Å². The van der Waals surface area contributed by atoms with Crippen molar-refractivity contribution in [3.05, 3.63) is 58.6 Å². The Bertz CT molecular complexity index is 800. The van der Waals surface area contributed by atoms with Crippen LogP contribution in [0.1, 0.15) is 20.7 Å². The van der Waals surface area contributed by atoms with E-state index in [1.165, 1.54) is 6.07 Å². The molecule has 0 unspecified atom stereocenters. The Morgan fingerprint density at radius 2 is 1.70 bits per heavy atom. The van der Waals surface area contributed by atoms with Gasteiger partial charge in [-0.2, -0.15) is 0 Å². The Kier molecular flexibility index (Phi) is 3.75. The number of rotatable bonds is 3. The highest BCUT2D eigenvalue weighted by Gasteiger charge is 2.36. The van der Waals surface area contributed by atoms with Gasteiger partial charge >= 0.3 is 0 Å². The van der Waals surface area contributed by atoms with Gasteiger partial charge in [0.15, 0.2) is 0 Å². The van der Waals surface area contributed by atoms with Gasteiger partial charge in [-0.05, 0) is 30.3 Å². The van der Waals surface area contributed by atoms with Gasteiger partial charge in [-0.1, -0.05) is 23.7 Å². The molecule has 0 spiro atoms. The lowest BCUT2D eigenvalue weighted by atomic mass is 10.1. The first-order valence-corrected chi connectivity index (χ1v) is 7.15. The second-order valence-corrected chi connectivity index (χ2v) is 5.44. The van der Waals surface area contributed by atoms with Crippen LogP contribution in [0.2, 0.25) is 5.02 Å². The predicted molar refractivity (Wildman–Crippen MR) is 86.3 cm³/mol. The molecule has 1 heterocycles. The molecular weight excluding hydrogens is 318 g/mol. The average Bonchev–Trinajstić information content (AvgIpc) is 2.76. The van der Waals surface area contributed by atoms with Gasteiger partial charge in [0.25, 0.3) is 11.8 Å². The molecule has 0 bridgehead atoms. The maximum absolute atomic E-state index is 12.2. The minimum atomic E-state index is -0.522. The van der Waals surface area contributed by atoms with Crippen LogP contribution in [0.15, 0.2) is 42.5 Å². The smallest absolute Gasteiger partial charge is 0.262 e. The maximum atomic E-state index is 12.2. The Labute approximate surface area is 136 Å². The molecule has 0 aliphatic carbocycles. The molecule has 0 radical (unpaired) electrons. The van der Waals surface area contributed by atoms with Crippen molar-refractivity contribution in [2.45, 2.75) is 0 Å². The van der Waals surface area contributed by atoms with Crippen molar-refractivity contribution >= 4 is 40.7 Å². The zero-order valence-corrected chi connectivity index (χ0v) is 12.6. The highest BCUT2D eigenvalue weighted by atomic mass is 35.5. The van der Waals surface area contributed by atoms with Crippen LogP contribution in [0.25, 0.3) is 0 Å². The van der Waals surface area contributed by atoms with Crippen molar-refractivity contribution in [3.8, 4) is 0 Å². The number of imide groups is 1. The lowest BCUT2D eigenvalue weighted by molar-refractivity contribution is -0.116. The van der Waals surface area contributed by atoms with E-state index < -0.39 is 17.7 Å². The second-order valence-electron chi connectivity index (χ2n) is 5.03. The fourth-order valence-electron chi connectivity index (χ4n) is 2.35. The zero-order chi connectivity index (χ0) is 16.6. The Hall–Kier alpha value is -2.86. The molecule has 2 aromatic carbocycles.